The molecule has 1 aliphatic rings. The first-order valence-corrected chi connectivity index (χ1v) is 9.96. The van der Waals surface area contributed by atoms with Crippen LogP contribution >= 0.6 is 0 Å². The van der Waals surface area contributed by atoms with Crippen LogP contribution < -0.4 is 5.32 Å². The van der Waals surface area contributed by atoms with Gasteiger partial charge in [0.25, 0.3) is 0 Å². The second kappa shape index (κ2) is 8.70. The molecule has 1 aromatic carbocycles. The molecule has 1 fully saturated rings. The van der Waals surface area contributed by atoms with E-state index < -0.39 is 0 Å². The highest BCUT2D eigenvalue weighted by Gasteiger charge is 2.49. The van der Waals surface area contributed by atoms with E-state index in [1.807, 2.05) is 7.05 Å². The molecule has 26 heavy (non-hydrogen) atoms. The Morgan fingerprint density at radius 1 is 1.12 bits per heavy atom. The summed E-state index contributed by atoms with van der Waals surface area (Å²) < 4.78 is 0. The lowest BCUT2D eigenvalue weighted by molar-refractivity contribution is -0.132. The van der Waals surface area contributed by atoms with Crippen LogP contribution in [0.15, 0.2) is 18.2 Å². The molecule has 0 aromatic heterocycles. The number of nitrogens with zero attached hydrogens (tertiary/aromatic N) is 1. The fourth-order valence-electron chi connectivity index (χ4n) is 3.46. The molecule has 0 heterocycles. The van der Waals surface area contributed by atoms with E-state index in [2.05, 4.69) is 58.1 Å². The largest absolute Gasteiger partial charge is 0.346 e. The maximum atomic E-state index is 12.8. The predicted octanol–water partition coefficient (Wildman–Crippen LogP) is 4.77. The molecule has 2 unspecified atom stereocenters. The first-order chi connectivity index (χ1) is 12.3. The Bertz CT molecular complexity index is 625. The van der Waals surface area contributed by atoms with Gasteiger partial charge in [0, 0.05) is 19.3 Å². The van der Waals surface area contributed by atoms with Crippen LogP contribution in [0, 0.1) is 11.8 Å². The highest BCUT2D eigenvalue weighted by Crippen LogP contribution is 2.42. The van der Waals surface area contributed by atoms with Crippen molar-refractivity contribution in [1.29, 1.82) is 0 Å². The number of anilines is 1. The molecule has 1 aromatic rings. The number of hydrogen-bond acceptors (Lipinski definition) is 2. The third kappa shape index (κ3) is 4.66. The summed E-state index contributed by atoms with van der Waals surface area (Å²) in [5.74, 6) is 0.432. The molecule has 0 bridgehead atoms. The van der Waals surface area contributed by atoms with E-state index in [0.717, 1.165) is 36.2 Å². The number of unbranched alkanes of at least 4 members (excludes halogenated alkanes) is 1. The number of hydrogen-bond donors (Lipinski definition) is 1. The summed E-state index contributed by atoms with van der Waals surface area (Å²) in [6, 6.07) is 6.23. The molecule has 2 amide bonds. The van der Waals surface area contributed by atoms with E-state index in [0.29, 0.717) is 18.3 Å². The monoisotopic (exact) mass is 358 g/mol. The second-order valence-corrected chi connectivity index (χ2v) is 8.17. The fraction of sp³-hybridized carbons (Fsp3) is 0.636. The summed E-state index contributed by atoms with van der Waals surface area (Å²) in [7, 11) is 1.84. The van der Waals surface area contributed by atoms with Crippen molar-refractivity contribution in [3.8, 4) is 0 Å². The average molecular weight is 359 g/mol. The number of para-hydroxylation sites is 1. The molecule has 1 saturated carbocycles. The lowest BCUT2D eigenvalue weighted by atomic mass is 9.92. The van der Waals surface area contributed by atoms with Crippen molar-refractivity contribution in [2.24, 2.45) is 11.8 Å². The van der Waals surface area contributed by atoms with E-state index in [1.54, 1.807) is 4.90 Å². The number of amides is 2. The minimum absolute atomic E-state index is 0.0118. The van der Waals surface area contributed by atoms with Crippen LogP contribution in [-0.2, 0) is 9.59 Å². The van der Waals surface area contributed by atoms with Crippen molar-refractivity contribution in [3.63, 3.8) is 0 Å². The van der Waals surface area contributed by atoms with E-state index in [9.17, 15) is 9.59 Å². The zero-order valence-electron chi connectivity index (χ0n) is 17.1. The van der Waals surface area contributed by atoms with Crippen molar-refractivity contribution >= 4 is 17.5 Å². The zero-order valence-corrected chi connectivity index (χ0v) is 17.1. The quantitative estimate of drug-likeness (QED) is 0.728. The van der Waals surface area contributed by atoms with Crippen molar-refractivity contribution in [2.75, 3.05) is 18.9 Å². The Kier molecular flexibility index (Phi) is 6.85. The summed E-state index contributed by atoms with van der Waals surface area (Å²) in [5.41, 5.74) is 3.27. The molecule has 2 atom stereocenters. The van der Waals surface area contributed by atoms with Gasteiger partial charge < -0.3 is 10.2 Å². The maximum absolute atomic E-state index is 12.8. The van der Waals surface area contributed by atoms with Crippen LogP contribution in [0.1, 0.15) is 76.8 Å². The summed E-state index contributed by atoms with van der Waals surface area (Å²) in [6.45, 7) is 11.4. The van der Waals surface area contributed by atoms with Crippen LogP contribution in [0.5, 0.6) is 0 Å². The molecule has 0 aliphatic heterocycles. The van der Waals surface area contributed by atoms with Gasteiger partial charge in [0.2, 0.25) is 11.8 Å². The second-order valence-electron chi connectivity index (χ2n) is 8.17. The maximum Gasteiger partial charge on any atom is 0.228 e. The van der Waals surface area contributed by atoms with Gasteiger partial charge in [-0.2, -0.15) is 0 Å². The van der Waals surface area contributed by atoms with Gasteiger partial charge in [-0.1, -0.05) is 59.2 Å². The van der Waals surface area contributed by atoms with Crippen LogP contribution in [0.25, 0.3) is 0 Å². The van der Waals surface area contributed by atoms with Gasteiger partial charge in [0.15, 0.2) is 0 Å². The summed E-state index contributed by atoms with van der Waals surface area (Å²) in [6.07, 6.45) is 2.74. The molecule has 1 N–H and O–H groups in total. The lowest BCUT2D eigenvalue weighted by Crippen LogP contribution is -2.30. The Hall–Kier alpha value is -1.84. The van der Waals surface area contributed by atoms with Crippen LogP contribution in [0.2, 0.25) is 0 Å². The Balaban J connectivity index is 2.09. The first kappa shape index (κ1) is 20.5. The molecule has 2 rings (SSSR count). The third-order valence-corrected chi connectivity index (χ3v) is 5.29. The normalized spacial score (nSPS) is 18.9. The number of rotatable bonds is 8. The topological polar surface area (TPSA) is 49.4 Å². The number of carbonyl (C=O) groups excluding carboxylic acids is 2. The Morgan fingerprint density at radius 3 is 2.19 bits per heavy atom. The molecule has 0 spiro atoms. The Labute approximate surface area is 158 Å². The minimum Gasteiger partial charge on any atom is -0.346 e. The van der Waals surface area contributed by atoms with Crippen LogP contribution in [0.4, 0.5) is 5.69 Å². The van der Waals surface area contributed by atoms with Gasteiger partial charge >= 0.3 is 0 Å². The molecule has 4 heteroatoms. The number of carbonyl (C=O) groups is 2. The standard InChI is InChI=1S/C22H34N2O2/c1-7-8-12-24(6)22(26)19-13-18(19)21(25)23-20-16(14(2)3)10-9-11-17(20)15(4)5/h9-11,14-15,18-19H,7-8,12-13H2,1-6H3,(H,23,25). The van der Waals surface area contributed by atoms with Crippen molar-refractivity contribution < 1.29 is 9.59 Å². The summed E-state index contributed by atoms with van der Waals surface area (Å²) >= 11 is 0. The first-order valence-electron chi connectivity index (χ1n) is 9.96. The summed E-state index contributed by atoms with van der Waals surface area (Å²) in [5, 5.41) is 3.16. The van der Waals surface area contributed by atoms with Crippen molar-refractivity contribution in [3.05, 3.63) is 29.3 Å². The highest BCUT2D eigenvalue weighted by atomic mass is 16.2. The predicted molar refractivity (Wildman–Crippen MR) is 107 cm³/mol. The van der Waals surface area contributed by atoms with Gasteiger partial charge in [-0.25, -0.2) is 0 Å². The van der Waals surface area contributed by atoms with Crippen LogP contribution in [0.3, 0.4) is 0 Å². The zero-order chi connectivity index (χ0) is 19.4. The molecule has 0 saturated heterocycles. The minimum atomic E-state index is -0.188. The molecular weight excluding hydrogens is 324 g/mol. The van der Waals surface area contributed by atoms with Gasteiger partial charge in [0.05, 0.1) is 11.8 Å². The van der Waals surface area contributed by atoms with E-state index in [1.165, 1.54) is 0 Å². The van der Waals surface area contributed by atoms with E-state index in [4.69, 9.17) is 0 Å². The molecule has 1 aliphatic carbocycles. The van der Waals surface area contributed by atoms with E-state index >= 15 is 0 Å². The third-order valence-electron chi connectivity index (χ3n) is 5.29. The van der Waals surface area contributed by atoms with Crippen molar-refractivity contribution in [1.82, 2.24) is 4.90 Å². The smallest absolute Gasteiger partial charge is 0.228 e. The van der Waals surface area contributed by atoms with Gasteiger partial charge in [-0.15, -0.1) is 0 Å². The van der Waals surface area contributed by atoms with E-state index in [-0.39, 0.29) is 23.7 Å². The number of benzene rings is 1. The molecule has 0 radical (unpaired) electrons. The van der Waals surface area contributed by atoms with Gasteiger partial charge in [0.1, 0.15) is 0 Å². The number of nitrogens with one attached hydrogen (secondary N) is 1. The van der Waals surface area contributed by atoms with Gasteiger partial charge in [-0.3, -0.25) is 9.59 Å². The van der Waals surface area contributed by atoms with Gasteiger partial charge in [-0.05, 0) is 35.8 Å². The SMILES string of the molecule is CCCCN(C)C(=O)C1CC1C(=O)Nc1c(C(C)C)cccc1C(C)C. The van der Waals surface area contributed by atoms with Crippen molar-refractivity contribution in [2.45, 2.75) is 65.7 Å². The molecule has 144 valence electrons. The molecule has 4 nitrogen and oxygen atoms in total. The average Bonchev–Trinajstić information content (AvgIpc) is 3.39. The fourth-order valence-corrected chi connectivity index (χ4v) is 3.46. The molecular formula is C22H34N2O2. The highest BCUT2D eigenvalue weighted by molar-refractivity contribution is 6.00. The van der Waals surface area contributed by atoms with Crippen LogP contribution in [-0.4, -0.2) is 30.3 Å². The summed E-state index contributed by atoms with van der Waals surface area (Å²) in [4.78, 5) is 27.0. The Morgan fingerprint density at radius 2 is 1.69 bits per heavy atom. The lowest BCUT2D eigenvalue weighted by Gasteiger charge is -2.20.